The molecule has 1 aliphatic rings. The van der Waals surface area contributed by atoms with Crippen molar-refractivity contribution in [3.05, 3.63) is 42.0 Å². The molecule has 7 nitrogen and oxygen atoms in total. The molecule has 0 radical (unpaired) electrons. The number of unbranched alkanes of at least 4 members (excludes halogenated alkanes) is 1. The van der Waals surface area contributed by atoms with Crippen LogP contribution in [0.2, 0.25) is 0 Å². The summed E-state index contributed by atoms with van der Waals surface area (Å²) in [6.45, 7) is 0.399. The van der Waals surface area contributed by atoms with E-state index in [0.29, 0.717) is 31.0 Å². The summed E-state index contributed by atoms with van der Waals surface area (Å²) in [7, 11) is 0. The van der Waals surface area contributed by atoms with E-state index in [1.165, 1.54) is 0 Å². The van der Waals surface area contributed by atoms with Crippen molar-refractivity contribution in [1.29, 1.82) is 5.26 Å². The van der Waals surface area contributed by atoms with Crippen molar-refractivity contribution < 1.29 is 13.9 Å². The van der Waals surface area contributed by atoms with E-state index < -0.39 is 0 Å². The Morgan fingerprint density at radius 1 is 1.48 bits per heavy atom. The van der Waals surface area contributed by atoms with E-state index in [1.54, 1.807) is 24.6 Å². The Labute approximate surface area is 146 Å². The standard InChI is InChI=1S/C18H20N4O3/c19-9-1-2-11-24-16-7-4-10-20-17(16)22-18(23)21-14-5-3-6-15-13(14)8-12-25-15/h4,7-8,10,12,14H,1-3,5-6,11H2,(H2,20,21,22,23). The Kier molecular flexibility index (Phi) is 5.52. The second-order valence-electron chi connectivity index (χ2n) is 5.80. The lowest BCUT2D eigenvalue weighted by atomic mass is 9.93. The number of urea groups is 1. The van der Waals surface area contributed by atoms with Gasteiger partial charge in [-0.25, -0.2) is 9.78 Å². The molecule has 1 unspecified atom stereocenters. The Morgan fingerprint density at radius 2 is 2.40 bits per heavy atom. The Hall–Kier alpha value is -3.01. The number of furan rings is 1. The van der Waals surface area contributed by atoms with Crippen LogP contribution in [0.3, 0.4) is 0 Å². The summed E-state index contributed by atoms with van der Waals surface area (Å²) in [5.41, 5.74) is 1.04. The van der Waals surface area contributed by atoms with Gasteiger partial charge in [-0.2, -0.15) is 5.26 Å². The molecule has 0 spiro atoms. The number of amides is 2. The molecular weight excluding hydrogens is 320 g/mol. The van der Waals surface area contributed by atoms with Crippen LogP contribution in [0.25, 0.3) is 0 Å². The summed E-state index contributed by atoms with van der Waals surface area (Å²) in [4.78, 5) is 16.5. The Morgan fingerprint density at radius 3 is 3.28 bits per heavy atom. The maximum Gasteiger partial charge on any atom is 0.320 e. The van der Waals surface area contributed by atoms with E-state index in [9.17, 15) is 4.79 Å². The molecular formula is C18H20N4O3. The molecule has 0 bridgehead atoms. The smallest absolute Gasteiger partial charge is 0.320 e. The zero-order valence-corrected chi connectivity index (χ0v) is 13.8. The molecule has 0 saturated carbocycles. The van der Waals surface area contributed by atoms with Crippen LogP contribution in [-0.4, -0.2) is 17.6 Å². The number of nitrogens with zero attached hydrogens (tertiary/aromatic N) is 2. The second kappa shape index (κ2) is 8.20. The zero-order chi connectivity index (χ0) is 17.5. The number of fused-ring (bicyclic) bond motifs is 1. The molecule has 0 saturated heterocycles. The second-order valence-corrected chi connectivity index (χ2v) is 5.80. The summed E-state index contributed by atoms with van der Waals surface area (Å²) in [5, 5.41) is 14.3. The normalized spacial score (nSPS) is 15.7. The largest absolute Gasteiger partial charge is 0.490 e. The highest BCUT2D eigenvalue weighted by molar-refractivity contribution is 5.89. The minimum atomic E-state index is -0.334. The maximum absolute atomic E-state index is 12.3. The molecule has 2 amide bonds. The average molecular weight is 340 g/mol. The molecule has 1 atom stereocenters. The topological polar surface area (TPSA) is 100 Å². The van der Waals surface area contributed by atoms with E-state index >= 15 is 0 Å². The molecule has 0 aliphatic heterocycles. The van der Waals surface area contributed by atoms with E-state index in [0.717, 1.165) is 30.6 Å². The number of aromatic nitrogens is 1. The van der Waals surface area contributed by atoms with Crippen LogP contribution in [0.5, 0.6) is 5.75 Å². The van der Waals surface area contributed by atoms with Gasteiger partial charge in [-0.05, 0) is 37.5 Å². The number of pyridine rings is 1. The van der Waals surface area contributed by atoms with Crippen molar-refractivity contribution in [2.45, 2.75) is 38.1 Å². The summed E-state index contributed by atoms with van der Waals surface area (Å²) < 4.78 is 11.0. The number of hydrogen-bond donors (Lipinski definition) is 2. The summed E-state index contributed by atoms with van der Waals surface area (Å²) in [5.74, 6) is 1.79. The van der Waals surface area contributed by atoms with E-state index in [-0.39, 0.29) is 12.1 Å². The first-order valence-corrected chi connectivity index (χ1v) is 8.36. The molecule has 2 aromatic heterocycles. The third-order valence-corrected chi connectivity index (χ3v) is 4.05. The van der Waals surface area contributed by atoms with Gasteiger partial charge in [0.15, 0.2) is 11.6 Å². The van der Waals surface area contributed by atoms with Crippen molar-refractivity contribution >= 4 is 11.8 Å². The van der Waals surface area contributed by atoms with Gasteiger partial charge in [-0.3, -0.25) is 5.32 Å². The number of rotatable bonds is 6. The number of ether oxygens (including phenoxy) is 1. The zero-order valence-electron chi connectivity index (χ0n) is 13.8. The number of aryl methyl sites for hydroxylation is 1. The number of nitriles is 1. The minimum Gasteiger partial charge on any atom is -0.490 e. The lowest BCUT2D eigenvalue weighted by Gasteiger charge is -2.23. The first kappa shape index (κ1) is 16.8. The highest BCUT2D eigenvalue weighted by atomic mass is 16.5. The quantitative estimate of drug-likeness (QED) is 0.783. The van der Waals surface area contributed by atoms with Crippen LogP contribution in [-0.2, 0) is 6.42 Å². The van der Waals surface area contributed by atoms with Gasteiger partial charge in [0.05, 0.1) is 25.0 Å². The van der Waals surface area contributed by atoms with E-state index in [1.807, 2.05) is 6.07 Å². The lowest BCUT2D eigenvalue weighted by molar-refractivity contribution is 0.246. The lowest BCUT2D eigenvalue weighted by Crippen LogP contribution is -2.34. The predicted octanol–water partition coefficient (Wildman–Crippen LogP) is 3.56. The average Bonchev–Trinajstić information content (AvgIpc) is 3.10. The summed E-state index contributed by atoms with van der Waals surface area (Å²) in [6.07, 6.45) is 7.06. The third kappa shape index (κ3) is 4.29. The number of hydrogen-bond acceptors (Lipinski definition) is 5. The highest BCUT2D eigenvalue weighted by Crippen LogP contribution is 2.30. The minimum absolute atomic E-state index is 0.0637. The molecule has 2 N–H and O–H groups in total. The van der Waals surface area contributed by atoms with Gasteiger partial charge >= 0.3 is 6.03 Å². The molecule has 1 aliphatic carbocycles. The van der Waals surface area contributed by atoms with Crippen molar-refractivity contribution in [3.8, 4) is 11.8 Å². The molecule has 0 fully saturated rings. The Bertz CT molecular complexity index is 766. The van der Waals surface area contributed by atoms with Crippen LogP contribution >= 0.6 is 0 Å². The fraction of sp³-hybridized carbons (Fsp3) is 0.389. The number of nitrogens with one attached hydrogen (secondary N) is 2. The summed E-state index contributed by atoms with van der Waals surface area (Å²) >= 11 is 0. The Balaban J connectivity index is 1.59. The summed E-state index contributed by atoms with van der Waals surface area (Å²) in [6, 6.07) is 7.06. The van der Waals surface area contributed by atoms with Gasteiger partial charge in [0, 0.05) is 24.6 Å². The fourth-order valence-electron chi connectivity index (χ4n) is 2.87. The van der Waals surface area contributed by atoms with Crippen molar-refractivity contribution in [2.75, 3.05) is 11.9 Å². The highest BCUT2D eigenvalue weighted by Gasteiger charge is 2.24. The van der Waals surface area contributed by atoms with Gasteiger partial charge in [0.2, 0.25) is 0 Å². The first-order valence-electron chi connectivity index (χ1n) is 8.36. The molecule has 25 heavy (non-hydrogen) atoms. The molecule has 0 aromatic carbocycles. The predicted molar refractivity (Wildman–Crippen MR) is 91.1 cm³/mol. The third-order valence-electron chi connectivity index (χ3n) is 4.05. The van der Waals surface area contributed by atoms with Gasteiger partial charge in [-0.1, -0.05) is 0 Å². The van der Waals surface area contributed by atoms with Crippen LogP contribution < -0.4 is 15.4 Å². The van der Waals surface area contributed by atoms with Crippen molar-refractivity contribution in [2.24, 2.45) is 0 Å². The van der Waals surface area contributed by atoms with Crippen LogP contribution in [0.15, 0.2) is 35.1 Å². The van der Waals surface area contributed by atoms with E-state index in [2.05, 4.69) is 21.7 Å². The van der Waals surface area contributed by atoms with Crippen molar-refractivity contribution in [3.63, 3.8) is 0 Å². The van der Waals surface area contributed by atoms with Gasteiger partial charge in [0.25, 0.3) is 0 Å². The molecule has 7 heteroatoms. The number of carbonyl (C=O) groups excluding carboxylic acids is 1. The fourth-order valence-corrected chi connectivity index (χ4v) is 2.87. The SMILES string of the molecule is N#CCCCOc1cccnc1NC(=O)NC1CCCc2occc21. The van der Waals surface area contributed by atoms with Crippen LogP contribution in [0.4, 0.5) is 10.6 Å². The van der Waals surface area contributed by atoms with Gasteiger partial charge in [0.1, 0.15) is 5.76 Å². The molecule has 3 rings (SSSR count). The van der Waals surface area contributed by atoms with Gasteiger partial charge < -0.3 is 14.5 Å². The first-order chi connectivity index (χ1) is 12.3. The van der Waals surface area contributed by atoms with Crippen molar-refractivity contribution in [1.82, 2.24) is 10.3 Å². The molecule has 2 aromatic rings. The molecule has 130 valence electrons. The number of anilines is 1. The van der Waals surface area contributed by atoms with Crippen LogP contribution in [0, 0.1) is 11.3 Å². The van der Waals surface area contributed by atoms with Crippen LogP contribution in [0.1, 0.15) is 43.0 Å². The monoisotopic (exact) mass is 340 g/mol. The van der Waals surface area contributed by atoms with E-state index in [4.69, 9.17) is 14.4 Å². The molecule has 2 heterocycles. The maximum atomic E-state index is 12.3. The number of carbonyl (C=O) groups is 1. The van der Waals surface area contributed by atoms with Gasteiger partial charge in [-0.15, -0.1) is 0 Å².